The molecule has 0 spiro atoms. The number of ether oxygens (including phenoxy) is 1. The Labute approximate surface area is 148 Å². The Bertz CT molecular complexity index is 733. The lowest BCUT2D eigenvalue weighted by Gasteiger charge is -2.35. The van der Waals surface area contributed by atoms with Crippen LogP contribution in [0.15, 0.2) is 34.7 Å². The number of anilines is 2. The van der Waals surface area contributed by atoms with Gasteiger partial charge in [0.2, 0.25) is 0 Å². The van der Waals surface area contributed by atoms with Gasteiger partial charge in [-0.1, -0.05) is 12.1 Å². The number of hydrogen-bond acceptors (Lipinski definition) is 6. The average molecular weight is 343 g/mol. The van der Waals surface area contributed by atoms with Gasteiger partial charge in [-0.05, 0) is 32.2 Å². The van der Waals surface area contributed by atoms with Crippen molar-refractivity contribution in [3.8, 4) is 0 Å². The lowest BCUT2D eigenvalue weighted by Crippen LogP contribution is -2.44. The van der Waals surface area contributed by atoms with Gasteiger partial charge in [-0.25, -0.2) is 4.79 Å². The Morgan fingerprint density at radius 2 is 1.96 bits per heavy atom. The molecule has 1 aromatic heterocycles. The van der Waals surface area contributed by atoms with Crippen molar-refractivity contribution in [2.45, 2.75) is 13.5 Å². The number of carbonyl (C=O) groups is 1. The van der Waals surface area contributed by atoms with Gasteiger partial charge in [-0.2, -0.15) is 0 Å². The van der Waals surface area contributed by atoms with Gasteiger partial charge in [-0.15, -0.1) is 0 Å². The number of aryl methyl sites for hydroxylation is 1. The third-order valence-electron chi connectivity index (χ3n) is 4.58. The van der Waals surface area contributed by atoms with Crippen molar-refractivity contribution in [2.75, 3.05) is 50.6 Å². The van der Waals surface area contributed by atoms with E-state index in [1.165, 1.54) is 12.8 Å². The molecule has 1 aromatic carbocycles. The molecule has 3 rings (SSSR count). The van der Waals surface area contributed by atoms with Crippen LogP contribution in [0, 0.1) is 6.92 Å². The molecule has 1 fully saturated rings. The number of nitrogens with zero attached hydrogens (tertiary/aromatic N) is 2. The summed E-state index contributed by atoms with van der Waals surface area (Å²) < 4.78 is 10.4. The normalized spacial score (nSPS) is 15.2. The summed E-state index contributed by atoms with van der Waals surface area (Å²) in [6.07, 6.45) is 0. The highest BCUT2D eigenvalue weighted by Gasteiger charge is 2.18. The van der Waals surface area contributed by atoms with Crippen molar-refractivity contribution < 1.29 is 13.9 Å². The number of para-hydroxylation sites is 2. The standard InChI is InChI=1S/C19H25N3O3/c1-14-16(19(23)24-3)12-15(25-14)13-20-17-6-4-5-7-18(17)22-10-8-21(2)9-11-22/h4-7,12,20H,8-11,13H2,1-3H3. The largest absolute Gasteiger partial charge is 0.465 e. The fourth-order valence-corrected chi connectivity index (χ4v) is 3.07. The van der Waals surface area contributed by atoms with E-state index in [0.29, 0.717) is 23.6 Å². The second kappa shape index (κ2) is 7.61. The number of likely N-dealkylation sites (N-methyl/N-ethyl adjacent to an activating group) is 1. The molecule has 0 unspecified atom stereocenters. The van der Waals surface area contributed by atoms with E-state index in [-0.39, 0.29) is 5.97 Å². The molecule has 25 heavy (non-hydrogen) atoms. The number of esters is 1. The van der Waals surface area contributed by atoms with E-state index in [4.69, 9.17) is 9.15 Å². The maximum absolute atomic E-state index is 11.7. The van der Waals surface area contributed by atoms with Crippen LogP contribution < -0.4 is 10.2 Å². The van der Waals surface area contributed by atoms with Crippen molar-refractivity contribution in [3.63, 3.8) is 0 Å². The number of nitrogens with one attached hydrogen (secondary N) is 1. The van der Waals surface area contributed by atoms with Gasteiger partial charge >= 0.3 is 5.97 Å². The minimum atomic E-state index is -0.370. The van der Waals surface area contributed by atoms with Crippen LogP contribution in [0.1, 0.15) is 21.9 Å². The van der Waals surface area contributed by atoms with E-state index in [9.17, 15) is 4.79 Å². The second-order valence-corrected chi connectivity index (χ2v) is 6.34. The minimum Gasteiger partial charge on any atom is -0.465 e. The van der Waals surface area contributed by atoms with Crippen molar-refractivity contribution in [1.29, 1.82) is 0 Å². The third kappa shape index (κ3) is 3.96. The molecule has 0 radical (unpaired) electrons. The number of piperazine rings is 1. The molecule has 2 aromatic rings. The molecule has 134 valence electrons. The molecule has 6 heteroatoms. The first-order valence-corrected chi connectivity index (χ1v) is 8.52. The average Bonchev–Trinajstić information content (AvgIpc) is 3.01. The first kappa shape index (κ1) is 17.4. The zero-order valence-corrected chi connectivity index (χ0v) is 15.0. The summed E-state index contributed by atoms with van der Waals surface area (Å²) in [7, 11) is 3.53. The summed E-state index contributed by atoms with van der Waals surface area (Å²) in [6.45, 7) is 6.45. The van der Waals surface area contributed by atoms with Crippen molar-refractivity contribution in [3.05, 3.63) is 47.4 Å². The Kier molecular flexibility index (Phi) is 5.28. The number of furan rings is 1. The molecular formula is C19H25N3O3. The van der Waals surface area contributed by atoms with Crippen LogP contribution in [-0.2, 0) is 11.3 Å². The molecule has 1 N–H and O–H groups in total. The molecule has 0 amide bonds. The lowest BCUT2D eigenvalue weighted by atomic mass is 10.2. The van der Waals surface area contributed by atoms with E-state index in [1.807, 2.05) is 6.07 Å². The van der Waals surface area contributed by atoms with E-state index in [2.05, 4.69) is 40.4 Å². The second-order valence-electron chi connectivity index (χ2n) is 6.34. The fraction of sp³-hybridized carbons (Fsp3) is 0.421. The van der Waals surface area contributed by atoms with Gasteiger partial charge in [0.1, 0.15) is 17.1 Å². The van der Waals surface area contributed by atoms with Gasteiger partial charge in [-0.3, -0.25) is 0 Å². The van der Waals surface area contributed by atoms with Crippen LogP contribution in [0.2, 0.25) is 0 Å². The van der Waals surface area contributed by atoms with Crippen molar-refractivity contribution >= 4 is 17.3 Å². The van der Waals surface area contributed by atoms with E-state index in [1.54, 1.807) is 13.0 Å². The van der Waals surface area contributed by atoms with E-state index in [0.717, 1.165) is 31.9 Å². The van der Waals surface area contributed by atoms with Gasteiger partial charge < -0.3 is 24.3 Å². The minimum absolute atomic E-state index is 0.370. The first-order valence-electron chi connectivity index (χ1n) is 8.52. The SMILES string of the molecule is COC(=O)c1cc(CNc2ccccc2N2CCN(C)CC2)oc1C. The summed E-state index contributed by atoms with van der Waals surface area (Å²) in [4.78, 5) is 16.4. The van der Waals surface area contributed by atoms with Gasteiger partial charge in [0.25, 0.3) is 0 Å². The molecule has 0 atom stereocenters. The number of hydrogen-bond donors (Lipinski definition) is 1. The Balaban J connectivity index is 1.71. The van der Waals surface area contributed by atoms with E-state index >= 15 is 0 Å². The maximum atomic E-state index is 11.7. The van der Waals surface area contributed by atoms with Crippen LogP contribution in [0.3, 0.4) is 0 Å². The van der Waals surface area contributed by atoms with Crippen LogP contribution in [-0.4, -0.2) is 51.2 Å². The summed E-state index contributed by atoms with van der Waals surface area (Å²) in [5, 5.41) is 3.43. The molecule has 1 saturated heterocycles. The number of rotatable bonds is 5. The maximum Gasteiger partial charge on any atom is 0.341 e. The number of carbonyl (C=O) groups excluding carboxylic acids is 1. The predicted octanol–water partition coefficient (Wildman–Crippen LogP) is 2.74. The Morgan fingerprint density at radius 3 is 2.68 bits per heavy atom. The Hall–Kier alpha value is -2.47. The van der Waals surface area contributed by atoms with Gasteiger partial charge in [0.05, 0.1) is 25.0 Å². The number of benzene rings is 1. The Morgan fingerprint density at radius 1 is 1.24 bits per heavy atom. The highest BCUT2D eigenvalue weighted by atomic mass is 16.5. The molecule has 0 bridgehead atoms. The summed E-state index contributed by atoms with van der Waals surface area (Å²) in [5.74, 6) is 0.924. The van der Waals surface area contributed by atoms with Crippen LogP contribution in [0.25, 0.3) is 0 Å². The van der Waals surface area contributed by atoms with Crippen LogP contribution in [0.5, 0.6) is 0 Å². The number of methoxy groups -OCH3 is 1. The lowest BCUT2D eigenvalue weighted by molar-refractivity contribution is 0.0599. The molecule has 0 saturated carbocycles. The fourth-order valence-electron chi connectivity index (χ4n) is 3.07. The predicted molar refractivity (Wildman–Crippen MR) is 98.3 cm³/mol. The van der Waals surface area contributed by atoms with Crippen LogP contribution >= 0.6 is 0 Å². The zero-order chi connectivity index (χ0) is 17.8. The highest BCUT2D eigenvalue weighted by Crippen LogP contribution is 2.27. The summed E-state index contributed by atoms with van der Waals surface area (Å²) in [6, 6.07) is 10.0. The molecule has 6 nitrogen and oxygen atoms in total. The molecule has 0 aliphatic carbocycles. The van der Waals surface area contributed by atoms with Gasteiger partial charge in [0.15, 0.2) is 0 Å². The molecule has 1 aliphatic heterocycles. The topological polar surface area (TPSA) is 58.0 Å². The smallest absolute Gasteiger partial charge is 0.341 e. The molecule has 2 heterocycles. The summed E-state index contributed by atoms with van der Waals surface area (Å²) >= 11 is 0. The molecule has 1 aliphatic rings. The zero-order valence-electron chi connectivity index (χ0n) is 15.0. The van der Waals surface area contributed by atoms with Crippen molar-refractivity contribution in [1.82, 2.24) is 4.90 Å². The molecular weight excluding hydrogens is 318 g/mol. The monoisotopic (exact) mass is 343 g/mol. The quantitative estimate of drug-likeness (QED) is 0.843. The van der Waals surface area contributed by atoms with Crippen molar-refractivity contribution in [2.24, 2.45) is 0 Å². The van der Waals surface area contributed by atoms with E-state index < -0.39 is 0 Å². The van der Waals surface area contributed by atoms with Crippen LogP contribution in [0.4, 0.5) is 11.4 Å². The van der Waals surface area contributed by atoms with Gasteiger partial charge in [0, 0.05) is 26.2 Å². The third-order valence-corrected chi connectivity index (χ3v) is 4.58. The highest BCUT2D eigenvalue weighted by molar-refractivity contribution is 5.90. The summed E-state index contributed by atoms with van der Waals surface area (Å²) in [5.41, 5.74) is 2.75. The first-order chi connectivity index (χ1) is 12.1.